The van der Waals surface area contributed by atoms with Crippen molar-refractivity contribution in [3.63, 3.8) is 0 Å². The van der Waals surface area contributed by atoms with Crippen LogP contribution in [0.3, 0.4) is 0 Å². The number of amides is 2. The standard InChI is InChI=1S/C28H31ClFN3O2S/c1-19-17-25(36-2)26(27(29)31-19)32-28(34)33(22-7-5-3-4-6-8-22)18-20-9-13-23(14-10-20)35-24-15-11-21(30)12-16-24/h9-17,22H,3-8,18H2,1-2H3,(H,32,34). The Morgan fingerprint density at radius 2 is 1.69 bits per heavy atom. The van der Waals surface area contributed by atoms with Gasteiger partial charge in [-0.05, 0) is 74.0 Å². The van der Waals surface area contributed by atoms with Crippen molar-refractivity contribution in [1.82, 2.24) is 9.88 Å². The smallest absolute Gasteiger partial charge is 0.322 e. The number of urea groups is 1. The van der Waals surface area contributed by atoms with Crippen molar-refractivity contribution >= 4 is 35.1 Å². The van der Waals surface area contributed by atoms with Crippen molar-refractivity contribution in [3.05, 3.63) is 76.8 Å². The lowest BCUT2D eigenvalue weighted by Gasteiger charge is -2.32. The van der Waals surface area contributed by atoms with Crippen molar-refractivity contribution in [2.24, 2.45) is 0 Å². The van der Waals surface area contributed by atoms with Crippen LogP contribution in [0.5, 0.6) is 11.5 Å². The van der Waals surface area contributed by atoms with E-state index in [-0.39, 0.29) is 17.9 Å². The number of hydrogen-bond donors (Lipinski definition) is 1. The molecule has 1 saturated carbocycles. The van der Waals surface area contributed by atoms with Gasteiger partial charge in [0.15, 0.2) is 5.15 Å². The molecule has 0 radical (unpaired) electrons. The van der Waals surface area contributed by atoms with Crippen molar-refractivity contribution in [2.75, 3.05) is 11.6 Å². The number of hydrogen-bond acceptors (Lipinski definition) is 4. The van der Waals surface area contributed by atoms with E-state index in [2.05, 4.69) is 10.3 Å². The topological polar surface area (TPSA) is 54.5 Å². The minimum absolute atomic E-state index is 0.151. The van der Waals surface area contributed by atoms with Crippen molar-refractivity contribution in [1.29, 1.82) is 0 Å². The average Bonchev–Trinajstić information content (AvgIpc) is 3.15. The molecule has 1 N–H and O–H groups in total. The molecule has 8 heteroatoms. The fraction of sp³-hybridized carbons (Fsp3) is 0.357. The van der Waals surface area contributed by atoms with Gasteiger partial charge >= 0.3 is 6.03 Å². The van der Waals surface area contributed by atoms with Gasteiger partial charge in [0.25, 0.3) is 0 Å². The van der Waals surface area contributed by atoms with Crippen LogP contribution in [0.4, 0.5) is 14.9 Å². The van der Waals surface area contributed by atoms with Gasteiger partial charge in [-0.3, -0.25) is 0 Å². The number of halogens is 2. The molecule has 0 unspecified atom stereocenters. The molecular formula is C28H31ClFN3O2S. The van der Waals surface area contributed by atoms with Gasteiger partial charge in [-0.25, -0.2) is 14.2 Å². The quantitative estimate of drug-likeness (QED) is 0.190. The summed E-state index contributed by atoms with van der Waals surface area (Å²) >= 11 is 7.97. The number of aromatic nitrogens is 1. The molecule has 3 aromatic rings. The number of anilines is 1. The molecule has 1 aliphatic rings. The predicted octanol–water partition coefficient (Wildman–Crippen LogP) is 8.45. The van der Waals surface area contributed by atoms with Crippen molar-refractivity contribution in [3.8, 4) is 11.5 Å². The fourth-order valence-electron chi connectivity index (χ4n) is 4.49. The van der Waals surface area contributed by atoms with Gasteiger partial charge in [0, 0.05) is 23.2 Å². The number of aryl methyl sites for hydroxylation is 1. The number of benzene rings is 2. The Balaban J connectivity index is 1.53. The molecule has 4 rings (SSSR count). The molecule has 2 aromatic carbocycles. The first-order valence-corrected chi connectivity index (χ1v) is 13.8. The van der Waals surface area contributed by atoms with Gasteiger partial charge in [-0.2, -0.15) is 0 Å². The van der Waals surface area contributed by atoms with E-state index in [9.17, 15) is 9.18 Å². The number of rotatable bonds is 7. The summed E-state index contributed by atoms with van der Waals surface area (Å²) in [5.74, 6) is 0.914. The number of pyridine rings is 1. The summed E-state index contributed by atoms with van der Waals surface area (Å²) in [5, 5.41) is 3.36. The highest BCUT2D eigenvalue weighted by atomic mass is 35.5. The largest absolute Gasteiger partial charge is 0.457 e. The normalized spacial score (nSPS) is 14.2. The maximum Gasteiger partial charge on any atom is 0.322 e. The summed E-state index contributed by atoms with van der Waals surface area (Å²) in [6.07, 6.45) is 8.54. The van der Waals surface area contributed by atoms with Gasteiger partial charge in [0.2, 0.25) is 0 Å². The van der Waals surface area contributed by atoms with Crippen LogP contribution in [0.15, 0.2) is 59.5 Å². The third kappa shape index (κ3) is 6.92. The first-order chi connectivity index (χ1) is 17.4. The van der Waals surface area contributed by atoms with Gasteiger partial charge in [-0.15, -0.1) is 11.8 Å². The molecule has 2 amide bonds. The predicted molar refractivity (Wildman–Crippen MR) is 145 cm³/mol. The van der Waals surface area contributed by atoms with Gasteiger partial charge < -0.3 is 15.0 Å². The Labute approximate surface area is 221 Å². The number of nitrogens with one attached hydrogen (secondary N) is 1. The van der Waals surface area contributed by atoms with E-state index >= 15 is 0 Å². The number of nitrogens with zero attached hydrogens (tertiary/aromatic N) is 2. The zero-order valence-corrected chi connectivity index (χ0v) is 22.2. The first kappa shape index (κ1) is 26.3. The molecule has 0 atom stereocenters. The van der Waals surface area contributed by atoms with Gasteiger partial charge in [0.1, 0.15) is 17.3 Å². The van der Waals surface area contributed by atoms with E-state index in [4.69, 9.17) is 16.3 Å². The van der Waals surface area contributed by atoms with E-state index in [0.29, 0.717) is 28.9 Å². The zero-order valence-electron chi connectivity index (χ0n) is 20.6. The van der Waals surface area contributed by atoms with E-state index in [0.717, 1.165) is 41.8 Å². The van der Waals surface area contributed by atoms with E-state index in [1.54, 1.807) is 12.1 Å². The Morgan fingerprint density at radius 3 is 2.31 bits per heavy atom. The minimum atomic E-state index is -0.304. The summed E-state index contributed by atoms with van der Waals surface area (Å²) in [6, 6.07) is 15.5. The van der Waals surface area contributed by atoms with Crippen LogP contribution in [0.1, 0.15) is 49.8 Å². The third-order valence-corrected chi connectivity index (χ3v) is 7.41. The highest BCUT2D eigenvalue weighted by molar-refractivity contribution is 7.98. The second-order valence-corrected chi connectivity index (χ2v) is 10.2. The van der Waals surface area contributed by atoms with Crippen LogP contribution in [0.25, 0.3) is 0 Å². The first-order valence-electron chi connectivity index (χ1n) is 12.2. The molecule has 36 heavy (non-hydrogen) atoms. The maximum atomic E-state index is 13.6. The second kappa shape index (κ2) is 12.5. The van der Waals surface area contributed by atoms with Crippen LogP contribution in [-0.4, -0.2) is 28.2 Å². The highest BCUT2D eigenvalue weighted by Crippen LogP contribution is 2.33. The van der Waals surface area contributed by atoms with E-state index in [1.807, 2.05) is 48.4 Å². The number of carbonyl (C=O) groups is 1. The maximum absolute atomic E-state index is 13.6. The summed E-state index contributed by atoms with van der Waals surface area (Å²) in [6.45, 7) is 2.36. The molecule has 0 saturated heterocycles. The molecule has 1 fully saturated rings. The van der Waals surface area contributed by atoms with Crippen LogP contribution in [-0.2, 0) is 6.54 Å². The van der Waals surface area contributed by atoms with E-state index < -0.39 is 0 Å². The summed E-state index contributed by atoms with van der Waals surface area (Å²) in [7, 11) is 0. The summed E-state index contributed by atoms with van der Waals surface area (Å²) in [4.78, 5) is 20.8. The highest BCUT2D eigenvalue weighted by Gasteiger charge is 2.26. The minimum Gasteiger partial charge on any atom is -0.457 e. The van der Waals surface area contributed by atoms with Crippen molar-refractivity contribution in [2.45, 2.75) is 62.9 Å². The number of ether oxygens (including phenoxy) is 1. The lowest BCUT2D eigenvalue weighted by atomic mass is 10.1. The third-order valence-electron chi connectivity index (χ3n) is 6.37. The number of thioether (sulfide) groups is 1. The molecule has 1 aromatic heterocycles. The Morgan fingerprint density at radius 1 is 1.08 bits per heavy atom. The lowest BCUT2D eigenvalue weighted by Crippen LogP contribution is -2.42. The molecule has 5 nitrogen and oxygen atoms in total. The van der Waals surface area contributed by atoms with Gasteiger partial charge in [0.05, 0.1) is 5.69 Å². The zero-order chi connectivity index (χ0) is 25.5. The Hall–Kier alpha value is -2.77. The van der Waals surface area contributed by atoms with Crippen LogP contribution < -0.4 is 10.1 Å². The SMILES string of the molecule is CSc1cc(C)nc(Cl)c1NC(=O)N(Cc1ccc(Oc2ccc(F)cc2)cc1)C1CCCCCC1. The van der Waals surface area contributed by atoms with E-state index in [1.165, 1.54) is 36.7 Å². The summed E-state index contributed by atoms with van der Waals surface area (Å²) in [5.41, 5.74) is 2.37. The van der Waals surface area contributed by atoms with Crippen LogP contribution in [0.2, 0.25) is 5.15 Å². The molecule has 0 spiro atoms. The molecule has 1 heterocycles. The fourth-order valence-corrected chi connectivity index (χ4v) is 5.47. The molecular weight excluding hydrogens is 497 g/mol. The van der Waals surface area contributed by atoms with Crippen molar-refractivity contribution < 1.29 is 13.9 Å². The Kier molecular flexibility index (Phi) is 9.10. The lowest BCUT2D eigenvalue weighted by molar-refractivity contribution is 0.175. The molecule has 1 aliphatic carbocycles. The molecule has 0 aliphatic heterocycles. The monoisotopic (exact) mass is 527 g/mol. The molecule has 190 valence electrons. The Bertz CT molecular complexity index is 1170. The number of carbonyl (C=O) groups excluding carboxylic acids is 1. The average molecular weight is 528 g/mol. The van der Waals surface area contributed by atoms with Gasteiger partial charge in [-0.1, -0.05) is 49.4 Å². The second-order valence-electron chi connectivity index (χ2n) is 9.04. The van der Waals surface area contributed by atoms with Crippen LogP contribution >= 0.6 is 23.4 Å². The molecule has 0 bridgehead atoms. The van der Waals surface area contributed by atoms with Crippen LogP contribution in [0, 0.1) is 12.7 Å². The summed E-state index contributed by atoms with van der Waals surface area (Å²) < 4.78 is 19.0.